The van der Waals surface area contributed by atoms with Gasteiger partial charge in [0.25, 0.3) is 16.6 Å². The average Bonchev–Trinajstić information content (AvgIpc) is 2.29. The van der Waals surface area contributed by atoms with Crippen LogP contribution in [-0.4, -0.2) is 56.2 Å². The molecule has 0 aromatic heterocycles. The molecule has 1 rings (SSSR count). The van der Waals surface area contributed by atoms with Crippen molar-refractivity contribution in [1.29, 1.82) is 0 Å². The van der Waals surface area contributed by atoms with Gasteiger partial charge in [-0.2, -0.15) is 17.0 Å². The minimum Gasteiger partial charge on any atom is -0.329 e. The predicted octanol–water partition coefficient (Wildman–Crippen LogP) is 0.243. The van der Waals surface area contributed by atoms with Crippen molar-refractivity contribution >= 4 is 10.2 Å². The van der Waals surface area contributed by atoms with Crippen LogP contribution in [0.15, 0.2) is 0 Å². The molecule has 102 valence electrons. The van der Waals surface area contributed by atoms with Gasteiger partial charge >= 0.3 is 0 Å². The van der Waals surface area contributed by atoms with E-state index in [1.54, 1.807) is 0 Å². The number of piperidine rings is 1. The lowest BCUT2D eigenvalue weighted by atomic mass is 10.2. The van der Waals surface area contributed by atoms with E-state index < -0.39 is 23.2 Å². The first kappa shape index (κ1) is 14.7. The summed E-state index contributed by atoms with van der Waals surface area (Å²) >= 11 is 0. The van der Waals surface area contributed by atoms with E-state index in [4.69, 9.17) is 5.73 Å². The summed E-state index contributed by atoms with van der Waals surface area (Å²) in [5, 5.41) is 0. The summed E-state index contributed by atoms with van der Waals surface area (Å²) in [5.74, 6) is 0. The van der Waals surface area contributed by atoms with Crippen molar-refractivity contribution in [2.45, 2.75) is 25.7 Å². The van der Waals surface area contributed by atoms with Crippen LogP contribution < -0.4 is 5.73 Å². The molecule has 0 bridgehead atoms. The molecule has 0 atom stereocenters. The fourth-order valence-corrected chi connectivity index (χ4v) is 3.54. The van der Waals surface area contributed by atoms with E-state index in [0.717, 1.165) is 23.6 Å². The van der Waals surface area contributed by atoms with Gasteiger partial charge in [0.05, 0.1) is 6.54 Å². The van der Waals surface area contributed by atoms with Crippen molar-refractivity contribution in [3.8, 4) is 0 Å². The maximum atomic E-state index is 12.3. The predicted molar refractivity (Wildman–Crippen MR) is 61.0 cm³/mol. The first-order chi connectivity index (χ1) is 7.98. The van der Waals surface area contributed by atoms with Gasteiger partial charge in [-0.1, -0.05) is 6.42 Å². The second-order valence-corrected chi connectivity index (χ2v) is 5.93. The van der Waals surface area contributed by atoms with Crippen LogP contribution in [0.4, 0.5) is 8.78 Å². The highest BCUT2D eigenvalue weighted by Crippen LogP contribution is 2.17. The van der Waals surface area contributed by atoms with Crippen molar-refractivity contribution in [2.24, 2.45) is 5.73 Å². The van der Waals surface area contributed by atoms with Gasteiger partial charge in [-0.15, -0.1) is 0 Å². The summed E-state index contributed by atoms with van der Waals surface area (Å²) in [7, 11) is -3.77. The third-order valence-corrected chi connectivity index (χ3v) is 4.69. The molecule has 0 saturated carbocycles. The zero-order valence-corrected chi connectivity index (χ0v) is 10.5. The van der Waals surface area contributed by atoms with Crippen LogP contribution in [0.2, 0.25) is 0 Å². The van der Waals surface area contributed by atoms with Crippen LogP contribution in [0.25, 0.3) is 0 Å². The smallest absolute Gasteiger partial charge is 0.282 e. The summed E-state index contributed by atoms with van der Waals surface area (Å²) in [5.41, 5.74) is 5.26. The zero-order chi connectivity index (χ0) is 12.9. The first-order valence-corrected chi connectivity index (χ1v) is 7.11. The molecule has 1 fully saturated rings. The lowest BCUT2D eigenvalue weighted by Crippen LogP contribution is -2.48. The van der Waals surface area contributed by atoms with Gasteiger partial charge in [-0.05, 0) is 12.8 Å². The van der Waals surface area contributed by atoms with Crippen LogP contribution in [0.3, 0.4) is 0 Å². The maximum Gasteiger partial charge on any atom is 0.282 e. The number of halogens is 2. The molecule has 17 heavy (non-hydrogen) atoms. The average molecular weight is 271 g/mol. The lowest BCUT2D eigenvalue weighted by molar-refractivity contribution is 0.117. The molecule has 1 heterocycles. The molecule has 0 aliphatic carbocycles. The van der Waals surface area contributed by atoms with Crippen LogP contribution in [0, 0.1) is 0 Å². The topological polar surface area (TPSA) is 66.6 Å². The summed E-state index contributed by atoms with van der Waals surface area (Å²) < 4.78 is 50.9. The van der Waals surface area contributed by atoms with Crippen LogP contribution in [0.5, 0.6) is 0 Å². The molecule has 5 nitrogen and oxygen atoms in total. The van der Waals surface area contributed by atoms with Crippen molar-refractivity contribution in [2.75, 3.05) is 32.7 Å². The molecule has 0 unspecified atom stereocenters. The Kier molecular flexibility index (Phi) is 5.71. The first-order valence-electron chi connectivity index (χ1n) is 5.72. The SMILES string of the molecule is NCCN(CC(F)F)S(=O)(=O)N1CCCCC1. The van der Waals surface area contributed by atoms with E-state index in [1.165, 1.54) is 4.31 Å². The summed E-state index contributed by atoms with van der Waals surface area (Å²) in [6.45, 7) is 0.0122. The largest absolute Gasteiger partial charge is 0.329 e. The van der Waals surface area contributed by atoms with Gasteiger partial charge in [-0.25, -0.2) is 8.78 Å². The minimum absolute atomic E-state index is 0.0415. The quantitative estimate of drug-likeness (QED) is 0.752. The van der Waals surface area contributed by atoms with E-state index in [0.29, 0.717) is 13.1 Å². The third kappa shape index (κ3) is 4.13. The molecular weight excluding hydrogens is 252 g/mol. The van der Waals surface area contributed by atoms with Crippen LogP contribution >= 0.6 is 0 Å². The van der Waals surface area contributed by atoms with Gasteiger partial charge in [0.1, 0.15) is 0 Å². The van der Waals surface area contributed by atoms with E-state index in [-0.39, 0.29) is 13.1 Å². The second-order valence-electron chi connectivity index (χ2n) is 4.01. The fraction of sp³-hybridized carbons (Fsp3) is 1.00. The molecule has 1 aliphatic heterocycles. The summed E-state index contributed by atoms with van der Waals surface area (Å²) in [4.78, 5) is 0. The van der Waals surface area contributed by atoms with Crippen LogP contribution in [0.1, 0.15) is 19.3 Å². The Morgan fingerprint density at radius 1 is 1.24 bits per heavy atom. The molecule has 0 amide bonds. The van der Waals surface area contributed by atoms with Gasteiger partial charge in [-0.3, -0.25) is 0 Å². The number of nitrogens with zero attached hydrogens (tertiary/aromatic N) is 2. The van der Waals surface area contributed by atoms with Crippen LogP contribution in [-0.2, 0) is 10.2 Å². The fourth-order valence-electron chi connectivity index (χ4n) is 1.86. The second kappa shape index (κ2) is 6.58. The Labute approximate surface area is 101 Å². The van der Waals surface area contributed by atoms with Gasteiger partial charge < -0.3 is 5.73 Å². The summed E-state index contributed by atoms with van der Waals surface area (Å²) in [6, 6.07) is 0. The maximum absolute atomic E-state index is 12.3. The molecule has 2 N–H and O–H groups in total. The number of alkyl halides is 2. The normalized spacial score (nSPS) is 19.1. The Balaban J connectivity index is 2.74. The molecule has 1 saturated heterocycles. The monoisotopic (exact) mass is 271 g/mol. The molecule has 1 aliphatic rings. The van der Waals surface area contributed by atoms with Crippen molar-refractivity contribution in [3.05, 3.63) is 0 Å². The highest BCUT2D eigenvalue weighted by Gasteiger charge is 2.31. The molecule has 0 aromatic carbocycles. The number of hydrogen-bond acceptors (Lipinski definition) is 3. The molecule has 0 radical (unpaired) electrons. The summed E-state index contributed by atoms with van der Waals surface area (Å²) in [6.07, 6.45) is -0.131. The van der Waals surface area contributed by atoms with E-state index in [9.17, 15) is 17.2 Å². The Hall–Kier alpha value is -0.310. The zero-order valence-electron chi connectivity index (χ0n) is 9.69. The van der Waals surface area contributed by atoms with Crippen molar-refractivity contribution in [1.82, 2.24) is 8.61 Å². The van der Waals surface area contributed by atoms with Gasteiger partial charge in [0.2, 0.25) is 0 Å². The van der Waals surface area contributed by atoms with E-state index in [1.807, 2.05) is 0 Å². The lowest BCUT2D eigenvalue weighted by Gasteiger charge is -2.31. The highest BCUT2D eigenvalue weighted by atomic mass is 32.2. The van der Waals surface area contributed by atoms with E-state index >= 15 is 0 Å². The number of rotatable bonds is 6. The minimum atomic E-state index is -3.77. The standard InChI is InChI=1S/C9H19F2N3O2S/c10-9(11)8-14(7-4-12)17(15,16)13-5-2-1-3-6-13/h9H,1-8,12H2. The third-order valence-electron chi connectivity index (χ3n) is 2.69. The molecule has 0 spiro atoms. The van der Waals surface area contributed by atoms with Crippen molar-refractivity contribution in [3.63, 3.8) is 0 Å². The van der Waals surface area contributed by atoms with Gasteiger partial charge in [0.15, 0.2) is 0 Å². The van der Waals surface area contributed by atoms with E-state index in [2.05, 4.69) is 0 Å². The highest BCUT2D eigenvalue weighted by molar-refractivity contribution is 7.86. The number of nitrogens with two attached hydrogens (primary N) is 1. The Bertz CT molecular complexity index is 318. The Morgan fingerprint density at radius 3 is 2.29 bits per heavy atom. The molecule has 0 aromatic rings. The van der Waals surface area contributed by atoms with Gasteiger partial charge in [0, 0.05) is 26.2 Å². The molecular formula is C9H19F2N3O2S. The van der Waals surface area contributed by atoms with Crippen molar-refractivity contribution < 1.29 is 17.2 Å². The molecule has 8 heteroatoms. The Morgan fingerprint density at radius 2 is 1.82 bits per heavy atom. The number of hydrogen-bond donors (Lipinski definition) is 1.